The van der Waals surface area contributed by atoms with Gasteiger partial charge in [-0.1, -0.05) is 0 Å². The number of thiophene rings is 1. The molecule has 20 heavy (non-hydrogen) atoms. The minimum Gasteiger partial charge on any atom is -0.312 e. The number of H-pyrrole nitrogens is 1. The van der Waals surface area contributed by atoms with Crippen molar-refractivity contribution in [1.29, 1.82) is 0 Å². The van der Waals surface area contributed by atoms with Crippen molar-refractivity contribution in [2.45, 2.75) is 13.0 Å². The first-order valence-electron chi connectivity index (χ1n) is 6.48. The zero-order valence-electron chi connectivity index (χ0n) is 10.6. The van der Waals surface area contributed by atoms with Gasteiger partial charge in [0, 0.05) is 31.3 Å². The lowest BCUT2D eigenvalue weighted by Crippen LogP contribution is -2.31. The Morgan fingerprint density at radius 1 is 1.35 bits per heavy atom. The smallest absolute Gasteiger partial charge is 0.255 e. The van der Waals surface area contributed by atoms with Crippen molar-refractivity contribution in [1.82, 2.24) is 20.3 Å². The molecule has 3 aromatic rings. The second-order valence-corrected chi connectivity index (χ2v) is 5.74. The number of pyridine rings is 1. The van der Waals surface area contributed by atoms with Crippen LogP contribution in [0.15, 0.2) is 28.5 Å². The standard InChI is InChI=1S/C14H12N4OS/c19-14-9-7-15-3-1-10(9)17-13(18-14)8-5-12-11(16-6-8)2-4-20-12/h2,4-6,15H,1,3,7H2,(H,17,18,19). The van der Waals surface area contributed by atoms with E-state index in [0.29, 0.717) is 12.4 Å². The van der Waals surface area contributed by atoms with E-state index in [-0.39, 0.29) is 5.56 Å². The molecule has 0 amide bonds. The summed E-state index contributed by atoms with van der Waals surface area (Å²) in [7, 11) is 0. The highest BCUT2D eigenvalue weighted by atomic mass is 32.1. The first-order valence-corrected chi connectivity index (χ1v) is 7.35. The van der Waals surface area contributed by atoms with Crippen LogP contribution in [0.3, 0.4) is 0 Å². The molecule has 0 saturated heterocycles. The second-order valence-electron chi connectivity index (χ2n) is 4.79. The molecule has 4 heterocycles. The molecule has 4 rings (SSSR count). The molecule has 100 valence electrons. The number of hydrogen-bond donors (Lipinski definition) is 2. The topological polar surface area (TPSA) is 70.7 Å². The van der Waals surface area contributed by atoms with Crippen molar-refractivity contribution in [2.24, 2.45) is 0 Å². The van der Waals surface area contributed by atoms with Gasteiger partial charge in [-0.25, -0.2) is 4.98 Å². The Bertz CT molecular complexity index is 852. The Labute approximate surface area is 118 Å². The van der Waals surface area contributed by atoms with Crippen LogP contribution in [0.5, 0.6) is 0 Å². The molecule has 0 fully saturated rings. The number of fused-ring (bicyclic) bond motifs is 2. The lowest BCUT2D eigenvalue weighted by atomic mass is 10.1. The van der Waals surface area contributed by atoms with Gasteiger partial charge in [-0.05, 0) is 17.5 Å². The Kier molecular flexibility index (Phi) is 2.64. The van der Waals surface area contributed by atoms with Crippen molar-refractivity contribution < 1.29 is 0 Å². The molecule has 5 nitrogen and oxygen atoms in total. The average molecular weight is 284 g/mol. The van der Waals surface area contributed by atoms with E-state index in [1.165, 1.54) is 0 Å². The molecule has 2 N–H and O–H groups in total. The van der Waals surface area contributed by atoms with Gasteiger partial charge < -0.3 is 10.3 Å². The Hall–Kier alpha value is -2.05. The van der Waals surface area contributed by atoms with E-state index in [4.69, 9.17) is 0 Å². The molecule has 6 heteroatoms. The summed E-state index contributed by atoms with van der Waals surface area (Å²) in [6, 6.07) is 4.01. The first kappa shape index (κ1) is 11.7. The fourth-order valence-corrected chi connectivity index (χ4v) is 3.25. The summed E-state index contributed by atoms with van der Waals surface area (Å²) in [5, 5.41) is 5.20. The third kappa shape index (κ3) is 1.85. The number of nitrogens with zero attached hydrogens (tertiary/aromatic N) is 2. The van der Waals surface area contributed by atoms with E-state index >= 15 is 0 Å². The molecule has 0 aliphatic carbocycles. The van der Waals surface area contributed by atoms with Crippen molar-refractivity contribution in [3.05, 3.63) is 45.3 Å². The summed E-state index contributed by atoms with van der Waals surface area (Å²) < 4.78 is 1.10. The highest BCUT2D eigenvalue weighted by molar-refractivity contribution is 7.17. The minimum absolute atomic E-state index is 0.0523. The summed E-state index contributed by atoms with van der Waals surface area (Å²) in [6.45, 7) is 1.46. The number of rotatable bonds is 1. The van der Waals surface area contributed by atoms with Gasteiger partial charge in [-0.15, -0.1) is 11.3 Å². The fourth-order valence-electron chi connectivity index (χ4n) is 2.47. The van der Waals surface area contributed by atoms with Gasteiger partial charge in [-0.2, -0.15) is 0 Å². The van der Waals surface area contributed by atoms with Crippen LogP contribution < -0.4 is 10.9 Å². The SMILES string of the molecule is O=c1[nH]c(-c2cnc3ccsc3c2)nc2c1CNCC2. The van der Waals surface area contributed by atoms with Gasteiger partial charge >= 0.3 is 0 Å². The van der Waals surface area contributed by atoms with E-state index in [2.05, 4.69) is 20.3 Å². The van der Waals surface area contributed by atoms with Crippen LogP contribution in [0.4, 0.5) is 0 Å². The third-order valence-corrected chi connectivity index (χ3v) is 4.37. The van der Waals surface area contributed by atoms with Crippen LogP contribution >= 0.6 is 11.3 Å². The second kappa shape index (κ2) is 4.50. The Morgan fingerprint density at radius 2 is 2.30 bits per heavy atom. The molecule has 0 unspecified atom stereocenters. The summed E-state index contributed by atoms with van der Waals surface area (Å²) in [5.41, 5.74) is 3.43. The summed E-state index contributed by atoms with van der Waals surface area (Å²) in [6.07, 6.45) is 2.56. The van der Waals surface area contributed by atoms with Crippen LogP contribution in [0, 0.1) is 0 Å². The lowest BCUT2D eigenvalue weighted by Gasteiger charge is -2.15. The molecule has 0 spiro atoms. The number of aromatic nitrogens is 3. The normalized spacial score (nSPS) is 14.4. The fraction of sp³-hybridized carbons (Fsp3) is 0.214. The Balaban J connectivity index is 1.89. The summed E-state index contributed by atoms with van der Waals surface area (Å²) >= 11 is 1.64. The summed E-state index contributed by atoms with van der Waals surface area (Å²) in [4.78, 5) is 24.0. The first-order chi connectivity index (χ1) is 9.81. The minimum atomic E-state index is -0.0523. The highest BCUT2D eigenvalue weighted by Gasteiger charge is 2.16. The van der Waals surface area contributed by atoms with E-state index in [1.807, 2.05) is 17.5 Å². The van der Waals surface area contributed by atoms with Crippen LogP contribution in [0.2, 0.25) is 0 Å². The van der Waals surface area contributed by atoms with Crippen molar-refractivity contribution in [2.75, 3.05) is 6.54 Å². The van der Waals surface area contributed by atoms with Crippen molar-refractivity contribution >= 4 is 21.6 Å². The molecule has 0 atom stereocenters. The quantitative estimate of drug-likeness (QED) is 0.713. The molecule has 0 saturated carbocycles. The van der Waals surface area contributed by atoms with Gasteiger partial charge in [0.15, 0.2) is 0 Å². The maximum atomic E-state index is 12.1. The number of hydrogen-bond acceptors (Lipinski definition) is 5. The van der Waals surface area contributed by atoms with E-state index in [9.17, 15) is 4.79 Å². The maximum absolute atomic E-state index is 12.1. The molecule has 0 bridgehead atoms. The zero-order valence-corrected chi connectivity index (χ0v) is 11.5. The van der Waals surface area contributed by atoms with Gasteiger partial charge in [0.05, 0.1) is 21.5 Å². The van der Waals surface area contributed by atoms with Crippen LogP contribution in [0.25, 0.3) is 21.6 Å². The molecular formula is C14H12N4OS. The predicted octanol–water partition coefficient (Wildman–Crippen LogP) is 1.69. The van der Waals surface area contributed by atoms with Gasteiger partial charge in [0.25, 0.3) is 5.56 Å². The largest absolute Gasteiger partial charge is 0.312 e. The van der Waals surface area contributed by atoms with Gasteiger partial charge in [0.1, 0.15) is 5.82 Å². The van der Waals surface area contributed by atoms with E-state index in [0.717, 1.165) is 40.0 Å². The van der Waals surface area contributed by atoms with Crippen LogP contribution in [-0.2, 0) is 13.0 Å². The number of nitrogens with one attached hydrogen (secondary N) is 2. The van der Waals surface area contributed by atoms with Crippen LogP contribution in [0.1, 0.15) is 11.3 Å². The average Bonchev–Trinajstić information content (AvgIpc) is 2.94. The summed E-state index contributed by atoms with van der Waals surface area (Å²) in [5.74, 6) is 0.610. The predicted molar refractivity (Wildman–Crippen MR) is 78.9 cm³/mol. The number of aromatic amines is 1. The van der Waals surface area contributed by atoms with E-state index in [1.54, 1.807) is 17.5 Å². The molecule has 3 aromatic heterocycles. The van der Waals surface area contributed by atoms with Crippen molar-refractivity contribution in [3.8, 4) is 11.4 Å². The molecule has 0 radical (unpaired) electrons. The maximum Gasteiger partial charge on any atom is 0.255 e. The monoisotopic (exact) mass is 284 g/mol. The molecular weight excluding hydrogens is 272 g/mol. The van der Waals surface area contributed by atoms with Gasteiger partial charge in [-0.3, -0.25) is 9.78 Å². The highest BCUT2D eigenvalue weighted by Crippen LogP contribution is 2.24. The molecule has 1 aliphatic rings. The molecule has 0 aromatic carbocycles. The van der Waals surface area contributed by atoms with E-state index < -0.39 is 0 Å². The Morgan fingerprint density at radius 3 is 3.25 bits per heavy atom. The lowest BCUT2D eigenvalue weighted by molar-refractivity contribution is 0.621. The molecule has 1 aliphatic heterocycles. The van der Waals surface area contributed by atoms with Crippen LogP contribution in [-0.4, -0.2) is 21.5 Å². The third-order valence-electron chi connectivity index (χ3n) is 3.52. The van der Waals surface area contributed by atoms with Crippen molar-refractivity contribution in [3.63, 3.8) is 0 Å². The zero-order chi connectivity index (χ0) is 13.5. The van der Waals surface area contributed by atoms with Gasteiger partial charge in [0.2, 0.25) is 0 Å².